The second-order valence-electron chi connectivity index (χ2n) is 3.17. The van der Waals surface area contributed by atoms with Crippen molar-refractivity contribution in [1.29, 1.82) is 0 Å². The number of aromatic nitrogens is 2. The van der Waals surface area contributed by atoms with Crippen LogP contribution in [0.4, 0.5) is 31.8 Å². The molecule has 0 saturated heterocycles. The first kappa shape index (κ1) is 11.0. The highest BCUT2D eigenvalue weighted by Crippen LogP contribution is 2.29. The number of nitrogen functional groups attached to an aromatic ring is 2. The Morgan fingerprint density at radius 3 is 2.59 bits per heavy atom. The van der Waals surface area contributed by atoms with E-state index in [4.69, 9.17) is 11.5 Å². The maximum absolute atomic E-state index is 13.2. The van der Waals surface area contributed by atoms with Gasteiger partial charge in [-0.05, 0) is 12.1 Å². The van der Waals surface area contributed by atoms with E-state index in [1.807, 2.05) is 0 Å². The zero-order valence-electron chi connectivity index (χ0n) is 8.48. The number of hydrogen-bond acceptors (Lipinski definition) is 5. The number of halogens is 2. The van der Waals surface area contributed by atoms with Crippen molar-refractivity contribution in [3.63, 3.8) is 0 Å². The Morgan fingerprint density at radius 1 is 1.18 bits per heavy atom. The number of benzene rings is 1. The van der Waals surface area contributed by atoms with Crippen LogP contribution in [-0.2, 0) is 0 Å². The molecule has 0 atom stereocenters. The molecule has 5 N–H and O–H groups in total. The van der Waals surface area contributed by atoms with Gasteiger partial charge in [-0.3, -0.25) is 5.10 Å². The van der Waals surface area contributed by atoms with Crippen molar-refractivity contribution >= 4 is 23.0 Å². The number of anilines is 2. The largest absolute Gasteiger partial charge is 0.382 e. The Hall–Kier alpha value is -2.51. The molecule has 1 aromatic heterocycles. The minimum absolute atomic E-state index is 0.0306. The van der Waals surface area contributed by atoms with Gasteiger partial charge in [0.25, 0.3) is 0 Å². The van der Waals surface area contributed by atoms with Crippen molar-refractivity contribution in [3.05, 3.63) is 29.8 Å². The van der Waals surface area contributed by atoms with Crippen molar-refractivity contribution in [3.8, 4) is 0 Å². The number of rotatable bonds is 2. The van der Waals surface area contributed by atoms with E-state index in [-0.39, 0.29) is 23.0 Å². The van der Waals surface area contributed by atoms with E-state index in [9.17, 15) is 8.78 Å². The van der Waals surface area contributed by atoms with E-state index >= 15 is 0 Å². The smallest absolute Gasteiger partial charge is 0.175 e. The molecule has 88 valence electrons. The van der Waals surface area contributed by atoms with Crippen LogP contribution >= 0.6 is 0 Å². The number of nitrogens with one attached hydrogen (secondary N) is 1. The van der Waals surface area contributed by atoms with Gasteiger partial charge in [0.2, 0.25) is 0 Å². The third-order valence-corrected chi connectivity index (χ3v) is 1.96. The van der Waals surface area contributed by atoms with Gasteiger partial charge in [0.05, 0.1) is 0 Å². The first-order chi connectivity index (χ1) is 8.08. The average molecular weight is 238 g/mol. The Kier molecular flexibility index (Phi) is 2.69. The zero-order chi connectivity index (χ0) is 12.4. The van der Waals surface area contributed by atoms with Crippen LogP contribution in [0, 0.1) is 11.6 Å². The third-order valence-electron chi connectivity index (χ3n) is 1.96. The Balaban J connectivity index is 2.35. The molecule has 0 aliphatic rings. The van der Waals surface area contributed by atoms with Gasteiger partial charge >= 0.3 is 0 Å². The molecule has 6 nitrogen and oxygen atoms in total. The molecule has 2 aromatic rings. The number of nitrogens with zero attached hydrogens (tertiary/aromatic N) is 3. The van der Waals surface area contributed by atoms with Gasteiger partial charge in [0.1, 0.15) is 17.3 Å². The molecular weight excluding hydrogens is 230 g/mol. The highest BCUT2D eigenvalue weighted by atomic mass is 19.1. The highest BCUT2D eigenvalue weighted by Gasteiger charge is 2.07. The lowest BCUT2D eigenvalue weighted by Crippen LogP contribution is -1.85. The molecule has 0 bridgehead atoms. The molecule has 1 heterocycles. The summed E-state index contributed by atoms with van der Waals surface area (Å²) in [6, 6.07) is 2.84. The van der Waals surface area contributed by atoms with Gasteiger partial charge in [-0.15, -0.1) is 10.2 Å². The fourth-order valence-corrected chi connectivity index (χ4v) is 1.14. The van der Waals surface area contributed by atoms with Gasteiger partial charge in [-0.2, -0.15) is 5.10 Å². The lowest BCUT2D eigenvalue weighted by atomic mass is 10.3. The number of nitrogens with two attached hydrogens (primary N) is 2. The normalized spacial score (nSPS) is 11.2. The van der Waals surface area contributed by atoms with Crippen LogP contribution in [0.3, 0.4) is 0 Å². The Morgan fingerprint density at radius 2 is 1.94 bits per heavy atom. The van der Waals surface area contributed by atoms with Crippen molar-refractivity contribution in [2.24, 2.45) is 10.2 Å². The first-order valence-electron chi connectivity index (χ1n) is 4.54. The summed E-state index contributed by atoms with van der Waals surface area (Å²) in [6.45, 7) is 0. The van der Waals surface area contributed by atoms with Crippen LogP contribution in [0.2, 0.25) is 0 Å². The van der Waals surface area contributed by atoms with Crippen molar-refractivity contribution in [2.45, 2.75) is 0 Å². The van der Waals surface area contributed by atoms with Crippen molar-refractivity contribution < 1.29 is 8.78 Å². The number of H-pyrrole nitrogens is 1. The van der Waals surface area contributed by atoms with E-state index in [2.05, 4.69) is 20.4 Å². The van der Waals surface area contributed by atoms with E-state index in [0.717, 1.165) is 18.2 Å². The van der Waals surface area contributed by atoms with Crippen molar-refractivity contribution in [2.75, 3.05) is 11.5 Å². The molecule has 0 fully saturated rings. The average Bonchev–Trinajstić information content (AvgIpc) is 2.61. The lowest BCUT2D eigenvalue weighted by molar-refractivity contribution is 0.601. The molecule has 1 aromatic carbocycles. The summed E-state index contributed by atoms with van der Waals surface area (Å²) in [6.07, 6.45) is 0. The maximum atomic E-state index is 13.2. The summed E-state index contributed by atoms with van der Waals surface area (Å²) in [5, 5.41) is 13.1. The molecule has 2 rings (SSSR count). The predicted octanol–water partition coefficient (Wildman–Crippen LogP) is 2.27. The summed E-state index contributed by atoms with van der Waals surface area (Å²) < 4.78 is 26.0. The van der Waals surface area contributed by atoms with Gasteiger partial charge in [-0.25, -0.2) is 8.78 Å². The second-order valence-corrected chi connectivity index (χ2v) is 3.17. The van der Waals surface area contributed by atoms with Gasteiger partial charge < -0.3 is 11.5 Å². The summed E-state index contributed by atoms with van der Waals surface area (Å²) in [5.74, 6) is -1.18. The molecule has 0 unspecified atom stereocenters. The summed E-state index contributed by atoms with van der Waals surface area (Å²) in [4.78, 5) is 0. The van der Waals surface area contributed by atoms with Crippen LogP contribution < -0.4 is 11.5 Å². The van der Waals surface area contributed by atoms with Crippen molar-refractivity contribution in [1.82, 2.24) is 10.2 Å². The van der Waals surface area contributed by atoms with Crippen LogP contribution in [0.15, 0.2) is 28.4 Å². The highest BCUT2D eigenvalue weighted by molar-refractivity contribution is 5.70. The molecule has 0 aliphatic carbocycles. The van der Waals surface area contributed by atoms with E-state index < -0.39 is 11.6 Å². The topological polar surface area (TPSA) is 105 Å². The SMILES string of the molecule is Nc1n[nH]c(N)c1N=Nc1cc(F)ccc1F. The van der Waals surface area contributed by atoms with Gasteiger partial charge in [0, 0.05) is 6.07 Å². The van der Waals surface area contributed by atoms with E-state index in [1.54, 1.807) is 0 Å². The number of aromatic amines is 1. The molecule has 0 saturated carbocycles. The molecule has 17 heavy (non-hydrogen) atoms. The zero-order valence-corrected chi connectivity index (χ0v) is 8.48. The summed E-state index contributed by atoms with van der Waals surface area (Å²) in [5.41, 5.74) is 10.7. The quantitative estimate of drug-likeness (QED) is 0.698. The molecule has 0 spiro atoms. The Labute approximate surface area is 94.3 Å². The molecule has 0 amide bonds. The lowest BCUT2D eigenvalue weighted by Gasteiger charge is -1.95. The number of azo groups is 1. The monoisotopic (exact) mass is 238 g/mol. The fourth-order valence-electron chi connectivity index (χ4n) is 1.14. The third kappa shape index (κ3) is 2.19. The second kappa shape index (κ2) is 4.16. The molecule has 0 radical (unpaired) electrons. The molecule has 0 aliphatic heterocycles. The minimum Gasteiger partial charge on any atom is -0.382 e. The van der Waals surface area contributed by atoms with E-state index in [0.29, 0.717) is 0 Å². The predicted molar refractivity (Wildman–Crippen MR) is 57.9 cm³/mol. The van der Waals surface area contributed by atoms with Crippen LogP contribution in [-0.4, -0.2) is 10.2 Å². The van der Waals surface area contributed by atoms with Crippen LogP contribution in [0.1, 0.15) is 0 Å². The first-order valence-corrected chi connectivity index (χ1v) is 4.54. The molecular formula is C9H8F2N6. The minimum atomic E-state index is -0.698. The van der Waals surface area contributed by atoms with Gasteiger partial charge in [0.15, 0.2) is 17.3 Å². The maximum Gasteiger partial charge on any atom is 0.175 e. The van der Waals surface area contributed by atoms with E-state index in [1.165, 1.54) is 0 Å². The standard InChI is InChI=1S/C9H8F2N6/c10-4-1-2-5(11)6(3-4)14-15-7-8(12)16-17-9(7)13/h1-3H,(H5,12,13,16,17). The summed E-state index contributed by atoms with van der Waals surface area (Å²) >= 11 is 0. The molecule has 8 heteroatoms. The number of hydrogen-bond donors (Lipinski definition) is 3. The fraction of sp³-hybridized carbons (Fsp3) is 0. The Bertz CT molecular complexity index is 557. The summed E-state index contributed by atoms with van der Waals surface area (Å²) in [7, 11) is 0. The van der Waals surface area contributed by atoms with Crippen LogP contribution in [0.5, 0.6) is 0 Å². The van der Waals surface area contributed by atoms with Gasteiger partial charge in [-0.1, -0.05) is 0 Å². The van der Waals surface area contributed by atoms with Crippen LogP contribution in [0.25, 0.3) is 0 Å².